The van der Waals surface area contributed by atoms with E-state index in [2.05, 4.69) is 14.7 Å². The first-order chi connectivity index (χ1) is 14.4. The topological polar surface area (TPSA) is 144 Å². The van der Waals surface area contributed by atoms with Crippen LogP contribution in [-0.4, -0.2) is 41.6 Å². The number of nitrogen functional groups attached to an aromatic ring is 1. The molecule has 0 aliphatic rings. The number of ether oxygens (including phenoxy) is 3. The van der Waals surface area contributed by atoms with Crippen LogP contribution in [0.5, 0.6) is 0 Å². The van der Waals surface area contributed by atoms with Crippen LogP contribution in [0.1, 0.15) is 49.6 Å². The van der Waals surface area contributed by atoms with E-state index in [0.717, 1.165) is 0 Å². The summed E-state index contributed by atoms with van der Waals surface area (Å²) >= 11 is 0. The van der Waals surface area contributed by atoms with E-state index < -0.39 is 17.9 Å². The minimum atomic E-state index is -0.763. The molecule has 0 bridgehead atoms. The van der Waals surface area contributed by atoms with Gasteiger partial charge >= 0.3 is 17.9 Å². The molecule has 0 fully saturated rings. The molecule has 0 saturated heterocycles. The van der Waals surface area contributed by atoms with Gasteiger partial charge in [-0.3, -0.25) is 0 Å². The van der Waals surface area contributed by atoms with Gasteiger partial charge in [0, 0.05) is 0 Å². The zero-order valence-electron chi connectivity index (χ0n) is 16.6. The number of nitrogens with two attached hydrogens (primary N) is 1. The SMILES string of the molecule is CCOC(=O)c1c(C)oc2nc(COC(=O)c3ccccc3C(=O)OC)nc(N)c12. The highest BCUT2D eigenvalue weighted by Gasteiger charge is 2.24. The van der Waals surface area contributed by atoms with Gasteiger partial charge in [-0.1, -0.05) is 12.1 Å². The van der Waals surface area contributed by atoms with Gasteiger partial charge in [0.2, 0.25) is 5.71 Å². The molecule has 10 heteroatoms. The van der Waals surface area contributed by atoms with E-state index in [4.69, 9.17) is 19.6 Å². The summed E-state index contributed by atoms with van der Waals surface area (Å²) < 4.78 is 20.4. The van der Waals surface area contributed by atoms with Gasteiger partial charge in [-0.05, 0) is 26.0 Å². The highest BCUT2D eigenvalue weighted by Crippen LogP contribution is 2.29. The van der Waals surface area contributed by atoms with Crippen LogP contribution in [0, 0.1) is 6.92 Å². The monoisotopic (exact) mass is 413 g/mol. The number of carbonyl (C=O) groups excluding carboxylic acids is 3. The van der Waals surface area contributed by atoms with Crippen molar-refractivity contribution < 1.29 is 33.0 Å². The maximum absolute atomic E-state index is 12.4. The number of anilines is 1. The Hall–Kier alpha value is -3.95. The molecule has 2 heterocycles. The van der Waals surface area contributed by atoms with Crippen molar-refractivity contribution in [1.29, 1.82) is 0 Å². The van der Waals surface area contributed by atoms with E-state index in [-0.39, 0.29) is 58.4 Å². The molecule has 0 aliphatic heterocycles. The van der Waals surface area contributed by atoms with E-state index in [1.807, 2.05) is 0 Å². The van der Waals surface area contributed by atoms with E-state index in [9.17, 15) is 14.4 Å². The number of nitrogens with zero attached hydrogens (tertiary/aromatic N) is 2. The second-order valence-corrected chi connectivity index (χ2v) is 6.07. The standard InChI is InChI=1S/C20H19N3O7/c1-4-28-20(26)14-10(2)30-17-15(14)16(21)22-13(23-17)9-29-19(25)12-8-6-5-7-11(12)18(24)27-3/h5-8H,4,9H2,1-3H3,(H2,21,22,23). The molecule has 2 aromatic heterocycles. The summed E-state index contributed by atoms with van der Waals surface area (Å²) in [6, 6.07) is 6.08. The van der Waals surface area contributed by atoms with Gasteiger partial charge in [0.15, 0.2) is 12.4 Å². The van der Waals surface area contributed by atoms with E-state index in [0.29, 0.717) is 0 Å². The average molecular weight is 413 g/mol. The van der Waals surface area contributed by atoms with Gasteiger partial charge in [-0.25, -0.2) is 19.4 Å². The Kier molecular flexibility index (Phi) is 5.95. The summed E-state index contributed by atoms with van der Waals surface area (Å²) in [7, 11) is 1.21. The summed E-state index contributed by atoms with van der Waals surface area (Å²) in [5.41, 5.74) is 6.32. The van der Waals surface area contributed by atoms with Crippen molar-refractivity contribution in [2.24, 2.45) is 0 Å². The van der Waals surface area contributed by atoms with Crippen molar-refractivity contribution in [1.82, 2.24) is 9.97 Å². The molecule has 0 atom stereocenters. The van der Waals surface area contributed by atoms with Gasteiger partial charge in [-0.2, -0.15) is 4.98 Å². The van der Waals surface area contributed by atoms with Crippen LogP contribution in [0.2, 0.25) is 0 Å². The first-order valence-electron chi connectivity index (χ1n) is 8.94. The Bertz CT molecular complexity index is 1140. The van der Waals surface area contributed by atoms with E-state index in [1.165, 1.54) is 19.2 Å². The summed E-state index contributed by atoms with van der Waals surface area (Å²) in [6.45, 7) is 3.12. The number of rotatable bonds is 6. The van der Waals surface area contributed by atoms with Gasteiger partial charge in [0.05, 0.1) is 30.2 Å². The molecule has 3 rings (SSSR count). The molecule has 1 aromatic carbocycles. The molecule has 0 saturated carbocycles. The lowest BCUT2D eigenvalue weighted by molar-refractivity contribution is 0.0448. The number of hydrogen-bond donors (Lipinski definition) is 1. The van der Waals surface area contributed by atoms with Crippen LogP contribution in [0.4, 0.5) is 5.82 Å². The second-order valence-electron chi connectivity index (χ2n) is 6.07. The normalized spacial score (nSPS) is 10.6. The maximum Gasteiger partial charge on any atom is 0.342 e. The summed E-state index contributed by atoms with van der Waals surface area (Å²) in [6.07, 6.45) is 0. The number of aromatic nitrogens is 2. The minimum absolute atomic E-state index is 0.0130. The Morgan fingerprint density at radius 2 is 1.70 bits per heavy atom. The molecular weight excluding hydrogens is 394 g/mol. The highest BCUT2D eigenvalue weighted by atomic mass is 16.5. The fourth-order valence-corrected chi connectivity index (χ4v) is 2.85. The number of methoxy groups -OCH3 is 1. The Labute approximate surface area is 170 Å². The number of esters is 3. The highest BCUT2D eigenvalue weighted by molar-refractivity contribution is 6.07. The third kappa shape index (κ3) is 3.93. The van der Waals surface area contributed by atoms with Crippen molar-refractivity contribution in [3.8, 4) is 0 Å². The molecule has 10 nitrogen and oxygen atoms in total. The predicted molar refractivity (Wildman–Crippen MR) is 104 cm³/mol. The number of carbonyl (C=O) groups is 3. The number of aryl methyl sites for hydroxylation is 1. The fraction of sp³-hybridized carbons (Fsp3) is 0.250. The van der Waals surface area contributed by atoms with Crippen LogP contribution >= 0.6 is 0 Å². The van der Waals surface area contributed by atoms with Crippen molar-refractivity contribution in [2.45, 2.75) is 20.5 Å². The first kappa shape index (κ1) is 20.8. The van der Waals surface area contributed by atoms with Crippen molar-refractivity contribution in [3.05, 3.63) is 52.5 Å². The molecule has 2 N–H and O–H groups in total. The third-order valence-electron chi connectivity index (χ3n) is 4.17. The second kappa shape index (κ2) is 8.60. The molecule has 3 aromatic rings. The van der Waals surface area contributed by atoms with E-state index >= 15 is 0 Å². The van der Waals surface area contributed by atoms with Gasteiger partial charge in [-0.15, -0.1) is 0 Å². The minimum Gasteiger partial charge on any atom is -0.465 e. The molecule has 0 spiro atoms. The van der Waals surface area contributed by atoms with Crippen molar-refractivity contribution >= 4 is 34.8 Å². The molecule has 0 unspecified atom stereocenters. The van der Waals surface area contributed by atoms with Crippen LogP contribution < -0.4 is 5.73 Å². The van der Waals surface area contributed by atoms with Crippen LogP contribution in [-0.2, 0) is 20.8 Å². The summed E-state index contributed by atoms with van der Waals surface area (Å²) in [4.78, 5) is 44.7. The molecule has 30 heavy (non-hydrogen) atoms. The maximum atomic E-state index is 12.4. The van der Waals surface area contributed by atoms with E-state index in [1.54, 1.807) is 26.0 Å². The molecular formula is C20H19N3O7. The molecule has 0 radical (unpaired) electrons. The lowest BCUT2D eigenvalue weighted by Crippen LogP contribution is -2.14. The lowest BCUT2D eigenvalue weighted by Gasteiger charge is -2.08. The van der Waals surface area contributed by atoms with Crippen LogP contribution in [0.15, 0.2) is 28.7 Å². The van der Waals surface area contributed by atoms with Crippen molar-refractivity contribution in [3.63, 3.8) is 0 Å². The van der Waals surface area contributed by atoms with Crippen LogP contribution in [0.3, 0.4) is 0 Å². The molecule has 0 aliphatic carbocycles. The zero-order chi connectivity index (χ0) is 21.8. The van der Waals surface area contributed by atoms with Crippen LogP contribution in [0.25, 0.3) is 11.1 Å². The third-order valence-corrected chi connectivity index (χ3v) is 4.17. The zero-order valence-corrected chi connectivity index (χ0v) is 16.6. The quantitative estimate of drug-likeness (QED) is 0.472. The summed E-state index contributed by atoms with van der Waals surface area (Å²) in [5.74, 6) is -1.69. The Balaban J connectivity index is 1.85. The van der Waals surface area contributed by atoms with Gasteiger partial charge < -0.3 is 24.4 Å². The number of hydrogen-bond acceptors (Lipinski definition) is 10. The number of fused-ring (bicyclic) bond motifs is 1. The van der Waals surface area contributed by atoms with Gasteiger partial charge in [0.25, 0.3) is 0 Å². The number of furan rings is 1. The summed E-state index contributed by atoms with van der Waals surface area (Å²) in [5, 5.41) is 0.233. The smallest absolute Gasteiger partial charge is 0.342 e. The van der Waals surface area contributed by atoms with Crippen molar-refractivity contribution in [2.75, 3.05) is 19.5 Å². The fourth-order valence-electron chi connectivity index (χ4n) is 2.85. The first-order valence-corrected chi connectivity index (χ1v) is 8.94. The lowest BCUT2D eigenvalue weighted by atomic mass is 10.1. The Morgan fingerprint density at radius 3 is 2.33 bits per heavy atom. The Morgan fingerprint density at radius 1 is 1.03 bits per heavy atom. The average Bonchev–Trinajstić information content (AvgIpc) is 3.08. The predicted octanol–water partition coefficient (Wildman–Crippen LogP) is 2.43. The molecule has 0 amide bonds. The van der Waals surface area contributed by atoms with Gasteiger partial charge in [0.1, 0.15) is 17.1 Å². The number of benzene rings is 1. The molecule has 156 valence electrons. The largest absolute Gasteiger partial charge is 0.465 e.